The van der Waals surface area contributed by atoms with Gasteiger partial charge in [-0.1, -0.05) is 6.92 Å². The summed E-state index contributed by atoms with van der Waals surface area (Å²) in [5, 5.41) is 6.54. The molecule has 1 N–H and O–H groups in total. The Morgan fingerprint density at radius 2 is 2.16 bits per heavy atom. The second-order valence-electron chi connectivity index (χ2n) is 6.49. The first-order chi connectivity index (χ1) is 11.5. The van der Waals surface area contributed by atoms with Gasteiger partial charge in [-0.25, -0.2) is 9.98 Å². The monoisotopic (exact) mass is 480 g/mol. The molecule has 144 valence electrons. The van der Waals surface area contributed by atoms with E-state index in [4.69, 9.17) is 4.99 Å². The van der Waals surface area contributed by atoms with Crippen LogP contribution >= 0.6 is 35.3 Å². The fourth-order valence-electron chi connectivity index (χ4n) is 3.12. The number of aromatic nitrogens is 1. The lowest BCUT2D eigenvalue weighted by Gasteiger charge is -2.29. The SMILES string of the molecule is CCNC(=NCc1csc(N(C)C)n1)N(C)CC1CCCN1CC.I. The van der Waals surface area contributed by atoms with Crippen molar-refractivity contribution in [1.82, 2.24) is 20.1 Å². The zero-order chi connectivity index (χ0) is 17.5. The molecule has 1 aliphatic heterocycles. The van der Waals surface area contributed by atoms with Gasteiger partial charge in [-0.2, -0.15) is 0 Å². The van der Waals surface area contributed by atoms with Crippen molar-refractivity contribution < 1.29 is 0 Å². The molecule has 0 saturated carbocycles. The van der Waals surface area contributed by atoms with Gasteiger partial charge < -0.3 is 15.1 Å². The Bertz CT molecular complexity index is 533. The third-order valence-electron chi connectivity index (χ3n) is 4.40. The summed E-state index contributed by atoms with van der Waals surface area (Å²) in [5.74, 6) is 0.972. The maximum absolute atomic E-state index is 4.79. The minimum atomic E-state index is 0. The van der Waals surface area contributed by atoms with Crippen LogP contribution in [0.2, 0.25) is 0 Å². The molecule has 25 heavy (non-hydrogen) atoms. The number of hydrogen-bond acceptors (Lipinski definition) is 5. The molecule has 8 heteroatoms. The molecule has 6 nitrogen and oxygen atoms in total. The van der Waals surface area contributed by atoms with Crippen LogP contribution in [-0.4, -0.2) is 74.1 Å². The van der Waals surface area contributed by atoms with Gasteiger partial charge >= 0.3 is 0 Å². The van der Waals surface area contributed by atoms with E-state index in [2.05, 4.69) is 46.4 Å². The fourth-order valence-corrected chi connectivity index (χ4v) is 3.87. The molecule has 0 aromatic carbocycles. The Kier molecular flexibility index (Phi) is 10.0. The van der Waals surface area contributed by atoms with Crippen LogP contribution in [0.3, 0.4) is 0 Å². The van der Waals surface area contributed by atoms with Crippen LogP contribution in [0.25, 0.3) is 0 Å². The first kappa shape index (κ1) is 22.4. The molecule has 1 aromatic rings. The molecule has 0 aliphatic carbocycles. The van der Waals surface area contributed by atoms with Gasteiger partial charge in [0.1, 0.15) is 0 Å². The van der Waals surface area contributed by atoms with Crippen LogP contribution in [0, 0.1) is 0 Å². The summed E-state index contributed by atoms with van der Waals surface area (Å²) < 4.78 is 0. The first-order valence-corrected chi connectivity index (χ1v) is 9.78. The number of thiazole rings is 1. The van der Waals surface area contributed by atoms with Gasteiger partial charge in [-0.3, -0.25) is 4.90 Å². The van der Waals surface area contributed by atoms with Gasteiger partial charge in [0.2, 0.25) is 0 Å². The largest absolute Gasteiger partial charge is 0.357 e. The molecule has 1 atom stereocenters. The summed E-state index contributed by atoms with van der Waals surface area (Å²) in [7, 11) is 6.18. The van der Waals surface area contributed by atoms with Crippen molar-refractivity contribution in [2.24, 2.45) is 4.99 Å². The highest BCUT2D eigenvalue weighted by Gasteiger charge is 2.24. The van der Waals surface area contributed by atoms with Crippen LogP contribution in [0.1, 0.15) is 32.4 Å². The summed E-state index contributed by atoms with van der Waals surface area (Å²) in [4.78, 5) is 16.3. The summed E-state index contributed by atoms with van der Waals surface area (Å²) in [6.45, 7) is 9.27. The predicted molar refractivity (Wildman–Crippen MR) is 120 cm³/mol. The van der Waals surface area contributed by atoms with Crippen LogP contribution in [0.4, 0.5) is 5.13 Å². The second-order valence-corrected chi connectivity index (χ2v) is 7.33. The normalized spacial score (nSPS) is 18.1. The van der Waals surface area contributed by atoms with E-state index in [9.17, 15) is 0 Å². The smallest absolute Gasteiger partial charge is 0.194 e. The summed E-state index contributed by atoms with van der Waals surface area (Å²) in [5.41, 5.74) is 1.03. The Hall–Kier alpha value is -0.610. The Morgan fingerprint density at radius 3 is 2.76 bits per heavy atom. The van der Waals surface area contributed by atoms with Crippen molar-refractivity contribution >= 4 is 46.4 Å². The van der Waals surface area contributed by atoms with E-state index in [-0.39, 0.29) is 24.0 Å². The zero-order valence-electron chi connectivity index (χ0n) is 16.2. The minimum Gasteiger partial charge on any atom is -0.357 e. The van der Waals surface area contributed by atoms with E-state index in [0.29, 0.717) is 12.6 Å². The van der Waals surface area contributed by atoms with Crippen molar-refractivity contribution in [3.05, 3.63) is 11.1 Å². The molecule has 2 rings (SSSR count). The number of guanidine groups is 1. The fraction of sp³-hybridized carbons (Fsp3) is 0.765. The number of aliphatic imine (C=N–C) groups is 1. The molecule has 1 unspecified atom stereocenters. The van der Waals surface area contributed by atoms with Gasteiger partial charge in [-0.15, -0.1) is 35.3 Å². The third-order valence-corrected chi connectivity index (χ3v) is 5.46. The van der Waals surface area contributed by atoms with Gasteiger partial charge in [0, 0.05) is 45.7 Å². The molecule has 0 bridgehead atoms. The number of halogens is 1. The number of nitrogens with zero attached hydrogens (tertiary/aromatic N) is 5. The van der Waals surface area contributed by atoms with Gasteiger partial charge in [0.05, 0.1) is 12.2 Å². The molecule has 2 heterocycles. The van der Waals surface area contributed by atoms with Gasteiger partial charge in [0.25, 0.3) is 0 Å². The number of nitrogens with one attached hydrogen (secondary N) is 1. The quantitative estimate of drug-likeness (QED) is 0.370. The van der Waals surface area contributed by atoms with Crippen LogP contribution in [-0.2, 0) is 6.54 Å². The third kappa shape index (κ3) is 6.56. The van der Waals surface area contributed by atoms with E-state index in [1.54, 1.807) is 11.3 Å². The predicted octanol–water partition coefficient (Wildman–Crippen LogP) is 2.71. The van der Waals surface area contributed by atoms with Crippen molar-refractivity contribution in [2.75, 3.05) is 52.2 Å². The standard InChI is InChI=1S/C17H32N6S.HI/c1-6-18-16(19-11-14-13-24-17(20-14)21(3)4)22(5)12-15-9-8-10-23(15)7-2;/h13,15H,6-12H2,1-5H3,(H,18,19);1H. The van der Waals surface area contributed by atoms with E-state index in [1.165, 1.54) is 19.4 Å². The molecule has 1 fully saturated rings. The van der Waals surface area contributed by atoms with Crippen molar-refractivity contribution in [2.45, 2.75) is 39.3 Å². The van der Waals surface area contributed by atoms with E-state index >= 15 is 0 Å². The summed E-state index contributed by atoms with van der Waals surface area (Å²) in [6.07, 6.45) is 2.60. The first-order valence-electron chi connectivity index (χ1n) is 8.90. The second kappa shape index (κ2) is 11.2. The highest BCUT2D eigenvalue weighted by atomic mass is 127. The van der Waals surface area contributed by atoms with Crippen LogP contribution < -0.4 is 10.2 Å². The van der Waals surface area contributed by atoms with Crippen LogP contribution in [0.15, 0.2) is 10.4 Å². The van der Waals surface area contributed by atoms with Crippen molar-refractivity contribution in [3.63, 3.8) is 0 Å². The Balaban J connectivity index is 0.00000312. The topological polar surface area (TPSA) is 47.0 Å². The van der Waals surface area contributed by atoms with E-state index < -0.39 is 0 Å². The highest BCUT2D eigenvalue weighted by molar-refractivity contribution is 14.0. The van der Waals surface area contributed by atoms with Gasteiger partial charge in [0.15, 0.2) is 11.1 Å². The van der Waals surface area contributed by atoms with Crippen molar-refractivity contribution in [3.8, 4) is 0 Å². The lowest BCUT2D eigenvalue weighted by molar-refractivity contribution is 0.232. The highest BCUT2D eigenvalue weighted by Crippen LogP contribution is 2.19. The minimum absolute atomic E-state index is 0. The molecular formula is C17H33IN6S. The average molecular weight is 480 g/mol. The molecular weight excluding hydrogens is 447 g/mol. The molecule has 0 amide bonds. The number of hydrogen-bond donors (Lipinski definition) is 1. The number of anilines is 1. The maximum Gasteiger partial charge on any atom is 0.194 e. The number of rotatable bonds is 7. The van der Waals surface area contributed by atoms with Crippen molar-refractivity contribution in [1.29, 1.82) is 0 Å². The Morgan fingerprint density at radius 1 is 1.40 bits per heavy atom. The maximum atomic E-state index is 4.79. The Labute approximate surface area is 173 Å². The lowest BCUT2D eigenvalue weighted by Crippen LogP contribution is -2.45. The molecule has 1 saturated heterocycles. The molecule has 1 aromatic heterocycles. The zero-order valence-corrected chi connectivity index (χ0v) is 19.3. The molecule has 0 radical (unpaired) electrons. The number of likely N-dealkylation sites (tertiary alicyclic amines) is 1. The molecule has 0 spiro atoms. The van der Waals surface area contributed by atoms with E-state index in [0.717, 1.165) is 36.4 Å². The summed E-state index contributed by atoms with van der Waals surface area (Å²) >= 11 is 1.67. The van der Waals surface area contributed by atoms with Crippen LogP contribution in [0.5, 0.6) is 0 Å². The number of likely N-dealkylation sites (N-methyl/N-ethyl adjacent to an activating group) is 2. The molecule has 1 aliphatic rings. The lowest BCUT2D eigenvalue weighted by atomic mass is 10.2. The average Bonchev–Trinajstić information content (AvgIpc) is 3.20. The van der Waals surface area contributed by atoms with Gasteiger partial charge in [-0.05, 0) is 32.9 Å². The summed E-state index contributed by atoms with van der Waals surface area (Å²) in [6, 6.07) is 0.642. The van der Waals surface area contributed by atoms with E-state index in [1.807, 2.05) is 19.0 Å².